The molecule has 0 bridgehead atoms. The lowest BCUT2D eigenvalue weighted by molar-refractivity contribution is -0.122. The van der Waals surface area contributed by atoms with Gasteiger partial charge in [0.05, 0.1) is 23.3 Å². The fourth-order valence-electron chi connectivity index (χ4n) is 3.25. The third kappa shape index (κ3) is 3.83. The van der Waals surface area contributed by atoms with Crippen molar-refractivity contribution >= 4 is 50.5 Å². The van der Waals surface area contributed by atoms with Crippen LogP contribution >= 0.6 is 11.6 Å². The van der Waals surface area contributed by atoms with Gasteiger partial charge in [0, 0.05) is 5.02 Å². The Labute approximate surface area is 168 Å². The summed E-state index contributed by atoms with van der Waals surface area (Å²) in [5.41, 5.74) is 2.01. The first-order valence-electron chi connectivity index (χ1n) is 8.55. The SMILES string of the molecule is Cc1ccc(Cl)cc1N(C(C)C(=O)N1CC(=O)Nc2ccccc21)S(C)(=O)=O. The number of nitrogens with zero attached hydrogens (tertiary/aromatic N) is 2. The van der Waals surface area contributed by atoms with Crippen LogP contribution in [-0.2, 0) is 19.6 Å². The maximum Gasteiger partial charge on any atom is 0.251 e. The molecule has 0 radical (unpaired) electrons. The minimum Gasteiger partial charge on any atom is -0.323 e. The first-order chi connectivity index (χ1) is 13.1. The van der Waals surface area contributed by atoms with Gasteiger partial charge >= 0.3 is 0 Å². The number of para-hydroxylation sites is 2. The molecule has 2 aromatic rings. The maximum absolute atomic E-state index is 13.3. The normalized spacial score (nSPS) is 14.9. The molecule has 1 atom stereocenters. The molecule has 3 rings (SSSR count). The van der Waals surface area contributed by atoms with Gasteiger partial charge in [-0.15, -0.1) is 0 Å². The Morgan fingerprint density at radius 1 is 1.25 bits per heavy atom. The van der Waals surface area contributed by atoms with Crippen molar-refractivity contribution in [3.63, 3.8) is 0 Å². The molecule has 0 spiro atoms. The van der Waals surface area contributed by atoms with E-state index < -0.39 is 22.0 Å². The van der Waals surface area contributed by atoms with Crippen molar-refractivity contribution in [2.45, 2.75) is 19.9 Å². The summed E-state index contributed by atoms with van der Waals surface area (Å²) in [5.74, 6) is -0.851. The molecule has 1 aliphatic rings. The van der Waals surface area contributed by atoms with Gasteiger partial charge in [-0.3, -0.25) is 18.8 Å². The van der Waals surface area contributed by atoms with Crippen LogP contribution in [0.25, 0.3) is 0 Å². The second-order valence-electron chi connectivity index (χ2n) is 6.66. The van der Waals surface area contributed by atoms with Crippen molar-refractivity contribution in [1.82, 2.24) is 0 Å². The van der Waals surface area contributed by atoms with Crippen LogP contribution in [-0.4, -0.2) is 39.1 Å². The Kier molecular flexibility index (Phi) is 5.36. The average Bonchev–Trinajstić information content (AvgIpc) is 2.62. The van der Waals surface area contributed by atoms with Crippen LogP contribution in [0.3, 0.4) is 0 Å². The number of halogens is 1. The number of benzene rings is 2. The molecule has 1 N–H and O–H groups in total. The summed E-state index contributed by atoms with van der Waals surface area (Å²) >= 11 is 6.06. The van der Waals surface area contributed by atoms with E-state index in [-0.39, 0.29) is 12.5 Å². The smallest absolute Gasteiger partial charge is 0.251 e. The number of nitrogens with one attached hydrogen (secondary N) is 1. The predicted octanol–water partition coefficient (Wildman–Crippen LogP) is 2.79. The van der Waals surface area contributed by atoms with Crippen molar-refractivity contribution in [3.8, 4) is 0 Å². The number of rotatable bonds is 4. The number of anilines is 3. The third-order valence-electron chi connectivity index (χ3n) is 4.51. The molecule has 1 aliphatic heterocycles. The summed E-state index contributed by atoms with van der Waals surface area (Å²) in [4.78, 5) is 26.6. The third-order valence-corrected chi connectivity index (χ3v) is 5.97. The van der Waals surface area contributed by atoms with E-state index in [0.717, 1.165) is 10.6 Å². The van der Waals surface area contributed by atoms with E-state index in [2.05, 4.69) is 5.32 Å². The highest BCUT2D eigenvalue weighted by Gasteiger charge is 2.36. The van der Waals surface area contributed by atoms with Crippen LogP contribution in [0.4, 0.5) is 17.1 Å². The van der Waals surface area contributed by atoms with Gasteiger partial charge in [0.15, 0.2) is 0 Å². The number of sulfonamides is 1. The molecule has 7 nitrogen and oxygen atoms in total. The number of fused-ring (bicyclic) bond motifs is 1. The second-order valence-corrected chi connectivity index (χ2v) is 8.95. The summed E-state index contributed by atoms with van der Waals surface area (Å²) in [6, 6.07) is 10.7. The number of carbonyl (C=O) groups excluding carboxylic acids is 2. The lowest BCUT2D eigenvalue weighted by atomic mass is 10.1. The molecule has 0 saturated heterocycles. The van der Waals surface area contributed by atoms with Crippen LogP contribution < -0.4 is 14.5 Å². The molecule has 1 heterocycles. The number of amides is 2. The molecule has 2 amide bonds. The number of hydrogen-bond acceptors (Lipinski definition) is 4. The second kappa shape index (κ2) is 7.44. The van der Waals surface area contributed by atoms with Crippen molar-refractivity contribution in [3.05, 3.63) is 53.1 Å². The molecular formula is C19H20ClN3O4S. The zero-order valence-electron chi connectivity index (χ0n) is 15.6. The lowest BCUT2D eigenvalue weighted by Gasteiger charge is -2.35. The molecule has 1 unspecified atom stereocenters. The van der Waals surface area contributed by atoms with Crippen molar-refractivity contribution < 1.29 is 18.0 Å². The van der Waals surface area contributed by atoms with Crippen LogP contribution in [0.15, 0.2) is 42.5 Å². The Bertz CT molecular complexity index is 1050. The standard InChI is InChI=1S/C19H20ClN3O4S/c1-12-8-9-14(20)10-17(12)23(28(3,26)27)13(2)19(25)22-11-18(24)21-15-6-4-5-7-16(15)22/h4-10,13H,11H2,1-3H3,(H,21,24). The van der Waals surface area contributed by atoms with Crippen molar-refractivity contribution in [1.29, 1.82) is 0 Å². The van der Waals surface area contributed by atoms with E-state index in [1.165, 1.54) is 17.9 Å². The van der Waals surface area contributed by atoms with Gasteiger partial charge in [0.1, 0.15) is 12.6 Å². The van der Waals surface area contributed by atoms with Crippen LogP contribution in [0.5, 0.6) is 0 Å². The van der Waals surface area contributed by atoms with Gasteiger partial charge in [-0.25, -0.2) is 8.42 Å². The number of aryl methyl sites for hydroxylation is 1. The van der Waals surface area contributed by atoms with Crippen LogP contribution in [0.2, 0.25) is 5.02 Å². The van der Waals surface area contributed by atoms with Gasteiger partial charge in [-0.05, 0) is 43.7 Å². The monoisotopic (exact) mass is 421 g/mol. The molecule has 28 heavy (non-hydrogen) atoms. The largest absolute Gasteiger partial charge is 0.323 e. The quantitative estimate of drug-likeness (QED) is 0.822. The molecule has 2 aromatic carbocycles. The topological polar surface area (TPSA) is 86.8 Å². The number of carbonyl (C=O) groups is 2. The van der Waals surface area contributed by atoms with Crippen molar-refractivity contribution in [2.75, 3.05) is 27.3 Å². The van der Waals surface area contributed by atoms with Crippen LogP contribution in [0.1, 0.15) is 12.5 Å². The van der Waals surface area contributed by atoms with E-state index >= 15 is 0 Å². The van der Waals surface area contributed by atoms with Crippen LogP contribution in [0, 0.1) is 6.92 Å². The summed E-state index contributed by atoms with van der Waals surface area (Å²) in [7, 11) is -3.80. The summed E-state index contributed by atoms with van der Waals surface area (Å²) in [6.07, 6.45) is 1.04. The Morgan fingerprint density at radius 3 is 2.61 bits per heavy atom. The fourth-order valence-corrected chi connectivity index (χ4v) is 4.64. The molecular weight excluding hydrogens is 402 g/mol. The molecule has 0 saturated carbocycles. The summed E-state index contributed by atoms with van der Waals surface area (Å²) in [5, 5.41) is 3.07. The van der Waals surface area contributed by atoms with Gasteiger partial charge < -0.3 is 5.32 Å². The van der Waals surface area contributed by atoms with E-state index in [1.807, 2.05) is 0 Å². The van der Waals surface area contributed by atoms with Gasteiger partial charge in [0.25, 0.3) is 5.91 Å². The first kappa shape index (κ1) is 20.2. The van der Waals surface area contributed by atoms with Gasteiger partial charge in [-0.1, -0.05) is 29.8 Å². The maximum atomic E-state index is 13.3. The Balaban J connectivity index is 2.05. The van der Waals surface area contributed by atoms with E-state index in [1.54, 1.807) is 43.3 Å². The molecule has 0 aliphatic carbocycles. The fraction of sp³-hybridized carbons (Fsp3) is 0.263. The molecule has 0 fully saturated rings. The highest BCUT2D eigenvalue weighted by Crippen LogP contribution is 2.32. The highest BCUT2D eigenvalue weighted by atomic mass is 35.5. The summed E-state index contributed by atoms with van der Waals surface area (Å²) < 4.78 is 26.2. The Hall–Kier alpha value is -2.58. The minimum atomic E-state index is -3.80. The molecule has 148 valence electrons. The molecule has 9 heteroatoms. The van der Waals surface area contributed by atoms with Gasteiger partial charge in [-0.2, -0.15) is 0 Å². The summed E-state index contributed by atoms with van der Waals surface area (Å²) in [6.45, 7) is 3.05. The van der Waals surface area contributed by atoms with E-state index in [4.69, 9.17) is 11.6 Å². The van der Waals surface area contributed by atoms with Crippen molar-refractivity contribution in [2.24, 2.45) is 0 Å². The lowest BCUT2D eigenvalue weighted by Crippen LogP contribution is -2.52. The zero-order valence-corrected chi connectivity index (χ0v) is 17.2. The predicted molar refractivity (Wildman–Crippen MR) is 110 cm³/mol. The van der Waals surface area contributed by atoms with E-state index in [9.17, 15) is 18.0 Å². The minimum absolute atomic E-state index is 0.188. The zero-order chi connectivity index (χ0) is 20.6. The van der Waals surface area contributed by atoms with Gasteiger partial charge in [0.2, 0.25) is 15.9 Å². The number of hydrogen-bond donors (Lipinski definition) is 1. The van der Waals surface area contributed by atoms with E-state index in [0.29, 0.717) is 27.6 Å². The first-order valence-corrected chi connectivity index (χ1v) is 10.8. The Morgan fingerprint density at radius 2 is 1.93 bits per heavy atom. The highest BCUT2D eigenvalue weighted by molar-refractivity contribution is 7.92. The average molecular weight is 422 g/mol. The molecule has 0 aromatic heterocycles.